The summed E-state index contributed by atoms with van der Waals surface area (Å²) in [6.07, 6.45) is 3.65. The number of hydrogen-bond acceptors (Lipinski definition) is 4. The molecule has 1 aliphatic heterocycles. The van der Waals surface area contributed by atoms with E-state index in [9.17, 15) is 14.4 Å². The molecule has 2 aromatic carbocycles. The zero-order chi connectivity index (χ0) is 22.5. The predicted molar refractivity (Wildman–Crippen MR) is 121 cm³/mol. The van der Waals surface area contributed by atoms with Gasteiger partial charge in [-0.15, -0.1) is 0 Å². The van der Waals surface area contributed by atoms with Crippen LogP contribution in [0.1, 0.15) is 23.1 Å². The topological polar surface area (TPSA) is 99.8 Å². The van der Waals surface area contributed by atoms with Crippen LogP contribution < -0.4 is 25.6 Å². The lowest BCUT2D eigenvalue weighted by Crippen LogP contribution is -2.40. The van der Waals surface area contributed by atoms with Crippen LogP contribution in [-0.2, 0) is 22.6 Å². The molecule has 8 nitrogen and oxygen atoms in total. The van der Waals surface area contributed by atoms with Crippen LogP contribution in [0.15, 0.2) is 48.5 Å². The summed E-state index contributed by atoms with van der Waals surface area (Å²) in [5.41, 5.74) is 5.16. The fourth-order valence-electron chi connectivity index (χ4n) is 3.90. The fourth-order valence-corrected chi connectivity index (χ4v) is 3.90. The van der Waals surface area contributed by atoms with Crippen LogP contribution >= 0.6 is 0 Å². The predicted octanol–water partition coefficient (Wildman–Crippen LogP) is 1.99. The normalized spacial score (nSPS) is 14.5. The first-order valence-electron chi connectivity index (χ1n) is 10.6. The van der Waals surface area contributed by atoms with Gasteiger partial charge in [0.2, 0.25) is 0 Å². The van der Waals surface area contributed by atoms with Crippen LogP contribution in [0, 0.1) is 0 Å². The van der Waals surface area contributed by atoms with Crippen molar-refractivity contribution in [3.8, 4) is 5.75 Å². The number of carbonyl (C=O) groups excluding carboxylic acids is 3. The van der Waals surface area contributed by atoms with E-state index in [-0.39, 0.29) is 12.6 Å². The number of methoxy groups -OCH3 is 1. The third-order valence-electron chi connectivity index (χ3n) is 5.68. The third kappa shape index (κ3) is 4.74. The molecule has 166 valence electrons. The van der Waals surface area contributed by atoms with Crippen molar-refractivity contribution in [2.45, 2.75) is 19.4 Å². The van der Waals surface area contributed by atoms with Crippen LogP contribution in [-0.4, -0.2) is 44.6 Å². The van der Waals surface area contributed by atoms with Gasteiger partial charge in [0, 0.05) is 31.9 Å². The van der Waals surface area contributed by atoms with Gasteiger partial charge in [-0.25, -0.2) is 4.79 Å². The largest absolute Gasteiger partial charge is 0.497 e. The summed E-state index contributed by atoms with van der Waals surface area (Å²) >= 11 is 0. The van der Waals surface area contributed by atoms with Crippen molar-refractivity contribution in [1.29, 1.82) is 0 Å². The summed E-state index contributed by atoms with van der Waals surface area (Å²) in [4.78, 5) is 37.6. The van der Waals surface area contributed by atoms with Crippen LogP contribution in [0.3, 0.4) is 0 Å². The fraction of sp³-hybridized carbons (Fsp3) is 0.292. The average molecular weight is 434 g/mol. The first-order valence-corrected chi connectivity index (χ1v) is 10.6. The molecule has 1 heterocycles. The quantitative estimate of drug-likeness (QED) is 0.581. The van der Waals surface area contributed by atoms with Gasteiger partial charge in [0.15, 0.2) is 0 Å². The molecule has 0 spiro atoms. The van der Waals surface area contributed by atoms with Crippen LogP contribution in [0.4, 0.5) is 10.5 Å². The average Bonchev–Trinajstić information content (AvgIpc) is 3.43. The Balaban J connectivity index is 1.21. The molecule has 0 bridgehead atoms. The summed E-state index contributed by atoms with van der Waals surface area (Å²) in [5, 5.41) is 8.07. The third-order valence-corrected chi connectivity index (χ3v) is 5.68. The van der Waals surface area contributed by atoms with Crippen molar-refractivity contribution >= 4 is 29.1 Å². The number of allylic oxidation sites excluding steroid dienone is 1. The molecule has 1 aliphatic carbocycles. The Labute approximate surface area is 186 Å². The van der Waals surface area contributed by atoms with Gasteiger partial charge in [-0.2, -0.15) is 0 Å². The number of carbonyl (C=O) groups is 3. The second-order valence-corrected chi connectivity index (χ2v) is 7.70. The molecule has 4 amide bonds. The van der Waals surface area contributed by atoms with Crippen molar-refractivity contribution in [1.82, 2.24) is 16.0 Å². The van der Waals surface area contributed by atoms with Gasteiger partial charge in [0.05, 0.1) is 7.11 Å². The standard InChI is InChI=1S/C24H26N4O4/c1-32-20-9-6-17-4-5-18(21(17)14-20)10-11-25-22(29)23(30)27-15-16-2-7-19(8-3-16)28-13-12-26-24(28)31/h2-3,5-9,14H,4,10-13,15H2,1H3,(H,25,29)(H,26,31)(H,27,30). The highest BCUT2D eigenvalue weighted by Crippen LogP contribution is 2.32. The number of amides is 4. The summed E-state index contributed by atoms with van der Waals surface area (Å²) in [5.74, 6) is -0.521. The molecule has 4 rings (SSSR count). The Morgan fingerprint density at radius 1 is 1.09 bits per heavy atom. The Kier molecular flexibility index (Phi) is 6.39. The number of rotatable bonds is 7. The smallest absolute Gasteiger partial charge is 0.321 e. The lowest BCUT2D eigenvalue weighted by molar-refractivity contribution is -0.139. The number of ether oxygens (including phenoxy) is 1. The van der Waals surface area contributed by atoms with Gasteiger partial charge < -0.3 is 20.7 Å². The van der Waals surface area contributed by atoms with Crippen molar-refractivity contribution in [2.75, 3.05) is 31.6 Å². The number of urea groups is 1. The molecule has 0 saturated carbocycles. The summed E-state index contributed by atoms with van der Waals surface area (Å²) in [6.45, 7) is 1.87. The molecule has 0 unspecified atom stereocenters. The number of nitrogens with one attached hydrogen (secondary N) is 3. The summed E-state index contributed by atoms with van der Waals surface area (Å²) < 4.78 is 5.29. The SMILES string of the molecule is COc1ccc2c(c1)C(CCNC(=O)C(=O)NCc1ccc(N3CCNC3=O)cc1)=CC2. The number of benzene rings is 2. The maximum Gasteiger partial charge on any atom is 0.321 e. The number of hydrogen-bond donors (Lipinski definition) is 3. The van der Waals surface area contributed by atoms with Gasteiger partial charge in [-0.05, 0) is 59.4 Å². The highest BCUT2D eigenvalue weighted by atomic mass is 16.5. The molecule has 0 radical (unpaired) electrons. The molecule has 8 heteroatoms. The molecule has 1 saturated heterocycles. The van der Waals surface area contributed by atoms with Gasteiger partial charge in [-0.3, -0.25) is 14.5 Å². The molecular weight excluding hydrogens is 408 g/mol. The highest BCUT2D eigenvalue weighted by molar-refractivity contribution is 6.35. The van der Waals surface area contributed by atoms with Gasteiger partial charge in [0.25, 0.3) is 0 Å². The molecule has 3 N–H and O–H groups in total. The molecule has 0 aromatic heterocycles. The molecule has 2 aliphatic rings. The summed E-state index contributed by atoms with van der Waals surface area (Å²) in [6, 6.07) is 13.2. The van der Waals surface area contributed by atoms with Crippen molar-refractivity contribution in [3.05, 3.63) is 65.2 Å². The van der Waals surface area contributed by atoms with E-state index < -0.39 is 11.8 Å². The van der Waals surface area contributed by atoms with Crippen molar-refractivity contribution < 1.29 is 19.1 Å². The van der Waals surface area contributed by atoms with E-state index in [0.717, 1.165) is 34.6 Å². The Morgan fingerprint density at radius 3 is 2.59 bits per heavy atom. The van der Waals surface area contributed by atoms with Crippen molar-refractivity contribution in [3.63, 3.8) is 0 Å². The molecule has 2 aromatic rings. The number of fused-ring (bicyclic) bond motifs is 1. The van der Waals surface area contributed by atoms with Crippen LogP contribution in [0.5, 0.6) is 5.75 Å². The lowest BCUT2D eigenvalue weighted by atomic mass is 10.0. The highest BCUT2D eigenvalue weighted by Gasteiger charge is 2.21. The molecular formula is C24H26N4O4. The van der Waals surface area contributed by atoms with Gasteiger partial charge in [0.1, 0.15) is 5.75 Å². The van der Waals surface area contributed by atoms with E-state index in [1.54, 1.807) is 12.0 Å². The minimum absolute atomic E-state index is 0.112. The van der Waals surface area contributed by atoms with E-state index in [1.165, 1.54) is 5.56 Å². The van der Waals surface area contributed by atoms with Gasteiger partial charge >= 0.3 is 17.8 Å². The first kappa shape index (κ1) is 21.4. The molecule has 0 atom stereocenters. The minimum Gasteiger partial charge on any atom is -0.497 e. The second kappa shape index (κ2) is 9.55. The first-order chi connectivity index (χ1) is 15.5. The zero-order valence-corrected chi connectivity index (χ0v) is 17.9. The van der Waals surface area contributed by atoms with Gasteiger partial charge in [-0.1, -0.05) is 24.3 Å². The van der Waals surface area contributed by atoms with E-state index in [4.69, 9.17) is 4.74 Å². The van der Waals surface area contributed by atoms with Crippen molar-refractivity contribution in [2.24, 2.45) is 0 Å². The van der Waals surface area contributed by atoms with E-state index >= 15 is 0 Å². The monoisotopic (exact) mass is 434 g/mol. The Bertz CT molecular complexity index is 1060. The second-order valence-electron chi connectivity index (χ2n) is 7.70. The van der Waals surface area contributed by atoms with E-state index in [0.29, 0.717) is 26.1 Å². The van der Waals surface area contributed by atoms with E-state index in [1.807, 2.05) is 36.4 Å². The Morgan fingerprint density at radius 2 is 1.88 bits per heavy atom. The lowest BCUT2D eigenvalue weighted by Gasteiger charge is -2.14. The van der Waals surface area contributed by atoms with Crippen LogP contribution in [0.25, 0.3) is 5.57 Å². The maximum atomic E-state index is 12.1. The number of nitrogens with zero attached hydrogens (tertiary/aromatic N) is 1. The van der Waals surface area contributed by atoms with E-state index in [2.05, 4.69) is 28.1 Å². The van der Waals surface area contributed by atoms with Crippen LogP contribution in [0.2, 0.25) is 0 Å². The Hall–Kier alpha value is -3.81. The summed E-state index contributed by atoms with van der Waals surface area (Å²) in [7, 11) is 1.64. The minimum atomic E-state index is -0.671. The zero-order valence-electron chi connectivity index (χ0n) is 17.9. The molecule has 1 fully saturated rings. The number of anilines is 1. The maximum absolute atomic E-state index is 12.1. The molecule has 32 heavy (non-hydrogen) atoms.